The lowest BCUT2D eigenvalue weighted by molar-refractivity contribution is 0.668. The zero-order chi connectivity index (χ0) is 37.7. The van der Waals surface area contributed by atoms with Crippen LogP contribution in [-0.4, -0.2) is 0 Å². The predicted molar refractivity (Wildman–Crippen MR) is 237 cm³/mol. The number of hydrogen-bond acceptors (Lipinski definition) is 3. The van der Waals surface area contributed by atoms with Gasteiger partial charge in [-0.2, -0.15) is 0 Å². The number of fused-ring (bicyclic) bond motifs is 6. The van der Waals surface area contributed by atoms with Gasteiger partial charge in [-0.25, -0.2) is 0 Å². The predicted octanol–water partition coefficient (Wildman–Crippen LogP) is 15.6. The fourth-order valence-corrected chi connectivity index (χ4v) is 8.51. The number of hydrogen-bond donors (Lipinski definition) is 0. The van der Waals surface area contributed by atoms with Crippen molar-refractivity contribution in [3.05, 3.63) is 212 Å². The first-order chi connectivity index (χ1) is 28.3. The maximum Gasteiger partial charge on any atom is 0.137 e. The van der Waals surface area contributed by atoms with E-state index in [1.807, 2.05) is 18.2 Å². The summed E-state index contributed by atoms with van der Waals surface area (Å²) in [4.78, 5) is 2.39. The number of para-hydroxylation sites is 2. The van der Waals surface area contributed by atoms with E-state index in [1.165, 1.54) is 11.1 Å². The zero-order valence-electron chi connectivity index (χ0n) is 31.0. The minimum absolute atomic E-state index is 0.837. The molecule has 3 nitrogen and oxygen atoms in total. The van der Waals surface area contributed by atoms with E-state index in [-0.39, 0.29) is 0 Å². The van der Waals surface area contributed by atoms with Crippen molar-refractivity contribution in [2.24, 2.45) is 0 Å². The maximum absolute atomic E-state index is 6.61. The second kappa shape index (κ2) is 13.6. The first kappa shape index (κ1) is 32.8. The molecule has 0 aliphatic rings. The van der Waals surface area contributed by atoms with Gasteiger partial charge in [0.15, 0.2) is 0 Å². The third-order valence-corrected chi connectivity index (χ3v) is 11.1. The Kier molecular flexibility index (Phi) is 7.82. The Morgan fingerprint density at radius 3 is 1.49 bits per heavy atom. The van der Waals surface area contributed by atoms with Crippen molar-refractivity contribution < 1.29 is 8.83 Å². The Labute approximate surface area is 330 Å². The Balaban J connectivity index is 1.25. The van der Waals surface area contributed by atoms with Gasteiger partial charge in [-0.3, -0.25) is 0 Å². The molecule has 268 valence electrons. The van der Waals surface area contributed by atoms with Crippen LogP contribution in [0.3, 0.4) is 0 Å². The fourth-order valence-electron chi connectivity index (χ4n) is 8.51. The highest BCUT2D eigenvalue weighted by Gasteiger charge is 2.26. The summed E-state index contributed by atoms with van der Waals surface area (Å²) in [6, 6.07) is 75.2. The molecule has 2 aromatic heterocycles. The van der Waals surface area contributed by atoms with E-state index in [0.717, 1.165) is 94.3 Å². The normalized spacial score (nSPS) is 11.5. The largest absolute Gasteiger partial charge is 0.456 e. The third-order valence-electron chi connectivity index (χ3n) is 11.1. The maximum atomic E-state index is 6.61. The highest BCUT2D eigenvalue weighted by atomic mass is 16.3. The fraction of sp³-hybridized carbons (Fsp3) is 0. The first-order valence-corrected chi connectivity index (χ1v) is 19.3. The molecule has 0 N–H and O–H groups in total. The van der Waals surface area contributed by atoms with Crippen molar-refractivity contribution in [2.45, 2.75) is 0 Å². The minimum atomic E-state index is 0.837. The van der Waals surface area contributed by atoms with Gasteiger partial charge in [0.1, 0.15) is 22.3 Å². The van der Waals surface area contributed by atoms with Gasteiger partial charge in [0, 0.05) is 44.5 Å². The Hall–Kier alpha value is -7.62. The lowest BCUT2D eigenvalue weighted by Gasteiger charge is -2.30. The molecule has 11 rings (SSSR count). The van der Waals surface area contributed by atoms with E-state index in [0.29, 0.717) is 0 Å². The summed E-state index contributed by atoms with van der Waals surface area (Å²) < 4.78 is 13.2. The third kappa shape index (κ3) is 5.60. The van der Waals surface area contributed by atoms with Gasteiger partial charge >= 0.3 is 0 Å². The minimum Gasteiger partial charge on any atom is -0.456 e. The van der Waals surface area contributed by atoms with Crippen molar-refractivity contribution in [3.8, 4) is 44.5 Å². The van der Waals surface area contributed by atoms with Gasteiger partial charge in [0.25, 0.3) is 0 Å². The topological polar surface area (TPSA) is 29.5 Å². The summed E-state index contributed by atoms with van der Waals surface area (Å²) in [6.07, 6.45) is 0. The van der Waals surface area contributed by atoms with Gasteiger partial charge in [-0.1, -0.05) is 158 Å². The van der Waals surface area contributed by atoms with E-state index in [1.54, 1.807) is 0 Å². The molecule has 0 amide bonds. The number of furan rings is 2. The highest BCUT2D eigenvalue weighted by Crippen LogP contribution is 2.50. The second-order valence-electron chi connectivity index (χ2n) is 14.4. The zero-order valence-corrected chi connectivity index (χ0v) is 31.0. The molecule has 9 aromatic carbocycles. The molecule has 0 spiro atoms. The molecule has 0 radical (unpaired) electrons. The van der Waals surface area contributed by atoms with Crippen molar-refractivity contribution in [1.82, 2.24) is 0 Å². The van der Waals surface area contributed by atoms with Crippen molar-refractivity contribution >= 4 is 60.9 Å². The van der Waals surface area contributed by atoms with Crippen LogP contribution in [0.15, 0.2) is 221 Å². The van der Waals surface area contributed by atoms with E-state index >= 15 is 0 Å². The van der Waals surface area contributed by atoms with Crippen LogP contribution in [0.5, 0.6) is 0 Å². The molecular weight excluding hydrogens is 695 g/mol. The van der Waals surface area contributed by atoms with Crippen molar-refractivity contribution in [2.75, 3.05) is 4.90 Å². The molecule has 11 aromatic rings. The number of benzene rings is 9. The van der Waals surface area contributed by atoms with Gasteiger partial charge in [-0.05, 0) is 87.5 Å². The van der Waals surface area contributed by atoms with Crippen LogP contribution in [0.4, 0.5) is 17.1 Å². The second-order valence-corrected chi connectivity index (χ2v) is 14.4. The molecule has 0 fully saturated rings. The van der Waals surface area contributed by atoms with E-state index in [4.69, 9.17) is 8.83 Å². The summed E-state index contributed by atoms with van der Waals surface area (Å²) in [5.41, 5.74) is 15.6. The first-order valence-electron chi connectivity index (χ1n) is 19.3. The molecule has 0 saturated heterocycles. The smallest absolute Gasteiger partial charge is 0.137 e. The summed E-state index contributed by atoms with van der Waals surface area (Å²) in [7, 11) is 0. The molecular formula is C54H35NO2. The lowest BCUT2D eigenvalue weighted by Crippen LogP contribution is -2.12. The summed E-state index contributed by atoms with van der Waals surface area (Å²) in [6.45, 7) is 0. The average Bonchev–Trinajstić information content (AvgIpc) is 3.85. The van der Waals surface area contributed by atoms with Gasteiger partial charge in [-0.15, -0.1) is 0 Å². The molecule has 0 aliphatic heterocycles. The van der Waals surface area contributed by atoms with Crippen LogP contribution in [0.25, 0.3) is 88.4 Å². The number of nitrogens with zero attached hydrogens (tertiary/aromatic N) is 1. The molecule has 3 heteroatoms. The van der Waals surface area contributed by atoms with Crippen LogP contribution in [0, 0.1) is 0 Å². The standard InChI is InChI=1S/C54H35NO2/c1-4-16-36(17-5-1)41-22-10-11-24-45(41)53-48(32-33-51-54(53)46-25-13-15-27-50(46)56-51)55(40-29-31-44-43-23-12-14-26-49(43)57-52(44)35-40)39-28-30-42(37-18-6-2-7-19-37)47(34-39)38-20-8-3-9-21-38/h1-35H. The van der Waals surface area contributed by atoms with Gasteiger partial charge in [0.05, 0.1) is 5.69 Å². The molecule has 0 saturated carbocycles. The Morgan fingerprint density at radius 1 is 0.298 bits per heavy atom. The molecule has 0 bridgehead atoms. The van der Waals surface area contributed by atoms with Gasteiger partial charge in [0.2, 0.25) is 0 Å². The van der Waals surface area contributed by atoms with E-state index in [2.05, 4.69) is 199 Å². The van der Waals surface area contributed by atoms with Gasteiger partial charge < -0.3 is 13.7 Å². The summed E-state index contributed by atoms with van der Waals surface area (Å²) in [5.74, 6) is 0. The van der Waals surface area contributed by atoms with E-state index < -0.39 is 0 Å². The molecule has 2 heterocycles. The monoisotopic (exact) mass is 729 g/mol. The lowest BCUT2D eigenvalue weighted by atomic mass is 9.89. The number of anilines is 3. The Morgan fingerprint density at radius 2 is 0.789 bits per heavy atom. The molecule has 0 aliphatic carbocycles. The Bertz CT molecular complexity index is 3230. The average molecular weight is 730 g/mol. The quantitative estimate of drug-likeness (QED) is 0.164. The van der Waals surface area contributed by atoms with Crippen LogP contribution >= 0.6 is 0 Å². The molecule has 0 atom stereocenters. The van der Waals surface area contributed by atoms with Crippen molar-refractivity contribution in [1.29, 1.82) is 0 Å². The SMILES string of the molecule is c1ccc(-c2ccc(N(c3ccc4c(c3)oc3ccccc34)c3ccc4oc5ccccc5c4c3-c3ccccc3-c3ccccc3)cc2-c2ccccc2)cc1. The van der Waals surface area contributed by atoms with Crippen LogP contribution < -0.4 is 4.90 Å². The van der Waals surface area contributed by atoms with Crippen LogP contribution in [0.2, 0.25) is 0 Å². The van der Waals surface area contributed by atoms with Crippen molar-refractivity contribution in [3.63, 3.8) is 0 Å². The van der Waals surface area contributed by atoms with E-state index in [9.17, 15) is 0 Å². The molecule has 57 heavy (non-hydrogen) atoms. The number of rotatable bonds is 7. The van der Waals surface area contributed by atoms with Crippen LogP contribution in [0.1, 0.15) is 0 Å². The summed E-state index contributed by atoms with van der Waals surface area (Å²) in [5, 5.41) is 4.34. The highest BCUT2D eigenvalue weighted by molar-refractivity contribution is 6.18. The van der Waals surface area contributed by atoms with Crippen LogP contribution in [-0.2, 0) is 0 Å². The summed E-state index contributed by atoms with van der Waals surface area (Å²) >= 11 is 0. The molecule has 0 unspecified atom stereocenters.